The zero-order valence-electron chi connectivity index (χ0n) is 15.8. The SMILES string of the molecule is CCOc1ccccc1N1CCN(C(=O)Nc2c(C)cccc2C)CC1. The van der Waals surface area contributed by atoms with E-state index in [4.69, 9.17) is 4.74 Å². The normalized spacial score (nSPS) is 14.3. The number of carbonyl (C=O) groups excluding carboxylic acids is 1. The van der Waals surface area contributed by atoms with Crippen molar-refractivity contribution in [3.8, 4) is 5.75 Å². The molecule has 2 aromatic rings. The summed E-state index contributed by atoms with van der Waals surface area (Å²) in [5.74, 6) is 0.906. The Morgan fingerprint density at radius 3 is 2.31 bits per heavy atom. The van der Waals surface area contributed by atoms with E-state index in [-0.39, 0.29) is 6.03 Å². The third-order valence-corrected chi connectivity index (χ3v) is 4.79. The number of nitrogens with zero attached hydrogens (tertiary/aromatic N) is 2. The molecule has 0 unspecified atom stereocenters. The summed E-state index contributed by atoms with van der Waals surface area (Å²) in [5, 5.41) is 3.08. The fraction of sp³-hybridized carbons (Fsp3) is 0.381. The van der Waals surface area contributed by atoms with Gasteiger partial charge in [-0.15, -0.1) is 0 Å². The summed E-state index contributed by atoms with van der Waals surface area (Å²) in [5.41, 5.74) is 4.19. The zero-order valence-corrected chi connectivity index (χ0v) is 15.8. The van der Waals surface area contributed by atoms with E-state index in [1.807, 2.05) is 62.1 Å². The minimum absolute atomic E-state index is 0.0276. The number of ether oxygens (including phenoxy) is 1. The predicted octanol–water partition coefficient (Wildman–Crippen LogP) is 4.06. The summed E-state index contributed by atoms with van der Waals surface area (Å²) in [6.45, 7) is 9.65. The van der Waals surface area contributed by atoms with Crippen LogP contribution >= 0.6 is 0 Å². The van der Waals surface area contributed by atoms with Gasteiger partial charge in [0, 0.05) is 31.9 Å². The van der Waals surface area contributed by atoms with Crippen molar-refractivity contribution in [3.05, 3.63) is 53.6 Å². The van der Waals surface area contributed by atoms with Gasteiger partial charge in [-0.05, 0) is 44.0 Å². The molecule has 1 aliphatic rings. The fourth-order valence-corrected chi connectivity index (χ4v) is 3.34. The maximum Gasteiger partial charge on any atom is 0.321 e. The largest absolute Gasteiger partial charge is 0.492 e. The molecule has 0 atom stereocenters. The van der Waals surface area contributed by atoms with E-state index in [1.165, 1.54) is 0 Å². The summed E-state index contributed by atoms with van der Waals surface area (Å²) < 4.78 is 5.74. The number of anilines is 2. The second-order valence-corrected chi connectivity index (χ2v) is 6.57. The fourth-order valence-electron chi connectivity index (χ4n) is 3.34. The van der Waals surface area contributed by atoms with Crippen molar-refractivity contribution in [1.29, 1.82) is 0 Å². The van der Waals surface area contributed by atoms with Crippen molar-refractivity contribution in [2.24, 2.45) is 0 Å². The Morgan fingerprint density at radius 2 is 1.65 bits per heavy atom. The van der Waals surface area contributed by atoms with Gasteiger partial charge in [-0.1, -0.05) is 30.3 Å². The molecule has 0 bridgehead atoms. The van der Waals surface area contributed by atoms with Crippen LogP contribution < -0.4 is 15.0 Å². The van der Waals surface area contributed by atoms with Gasteiger partial charge in [0.25, 0.3) is 0 Å². The summed E-state index contributed by atoms with van der Waals surface area (Å²) in [4.78, 5) is 16.8. The molecule has 1 heterocycles. The third-order valence-electron chi connectivity index (χ3n) is 4.79. The molecule has 0 aliphatic carbocycles. The number of benzene rings is 2. The Labute approximate surface area is 155 Å². The first-order valence-electron chi connectivity index (χ1n) is 9.19. The summed E-state index contributed by atoms with van der Waals surface area (Å²) >= 11 is 0. The van der Waals surface area contributed by atoms with Crippen LogP contribution in [0.25, 0.3) is 0 Å². The lowest BCUT2D eigenvalue weighted by Crippen LogP contribution is -2.50. The number of urea groups is 1. The Morgan fingerprint density at radius 1 is 1.00 bits per heavy atom. The van der Waals surface area contributed by atoms with Crippen LogP contribution in [0, 0.1) is 13.8 Å². The van der Waals surface area contributed by atoms with E-state index in [2.05, 4.69) is 16.3 Å². The summed E-state index contributed by atoms with van der Waals surface area (Å²) in [6.07, 6.45) is 0. The number of para-hydroxylation sites is 3. The lowest BCUT2D eigenvalue weighted by molar-refractivity contribution is 0.208. The molecule has 0 radical (unpaired) electrons. The molecule has 3 rings (SSSR count). The monoisotopic (exact) mass is 353 g/mol. The predicted molar refractivity (Wildman–Crippen MR) is 106 cm³/mol. The molecule has 0 aromatic heterocycles. The smallest absolute Gasteiger partial charge is 0.321 e. The van der Waals surface area contributed by atoms with Gasteiger partial charge >= 0.3 is 6.03 Å². The topological polar surface area (TPSA) is 44.8 Å². The van der Waals surface area contributed by atoms with Gasteiger partial charge in [-0.2, -0.15) is 0 Å². The molecule has 0 spiro atoms. The van der Waals surface area contributed by atoms with Gasteiger partial charge in [-0.25, -0.2) is 4.79 Å². The Kier molecular flexibility index (Phi) is 5.66. The highest BCUT2D eigenvalue weighted by Crippen LogP contribution is 2.29. The van der Waals surface area contributed by atoms with Gasteiger partial charge in [0.05, 0.1) is 12.3 Å². The second-order valence-electron chi connectivity index (χ2n) is 6.57. The molecule has 1 aliphatic heterocycles. The Bertz CT molecular complexity index is 747. The van der Waals surface area contributed by atoms with Crippen LogP contribution in [0.2, 0.25) is 0 Å². The van der Waals surface area contributed by atoms with Crippen molar-refractivity contribution in [2.75, 3.05) is 43.0 Å². The summed E-state index contributed by atoms with van der Waals surface area (Å²) in [6, 6.07) is 14.1. The quantitative estimate of drug-likeness (QED) is 0.902. The van der Waals surface area contributed by atoms with Crippen LogP contribution in [0.15, 0.2) is 42.5 Å². The number of hydrogen-bond acceptors (Lipinski definition) is 3. The number of nitrogens with one attached hydrogen (secondary N) is 1. The van der Waals surface area contributed by atoms with Crippen molar-refractivity contribution in [1.82, 2.24) is 4.90 Å². The molecular formula is C21H27N3O2. The zero-order chi connectivity index (χ0) is 18.5. The second kappa shape index (κ2) is 8.13. The maximum atomic E-state index is 12.7. The highest BCUT2D eigenvalue weighted by Gasteiger charge is 2.23. The lowest BCUT2D eigenvalue weighted by Gasteiger charge is -2.36. The molecule has 2 aromatic carbocycles. The average molecular weight is 353 g/mol. The van der Waals surface area contributed by atoms with Crippen molar-refractivity contribution < 1.29 is 9.53 Å². The van der Waals surface area contributed by atoms with Gasteiger partial charge in [-0.3, -0.25) is 0 Å². The van der Waals surface area contributed by atoms with Crippen LogP contribution in [0.3, 0.4) is 0 Å². The van der Waals surface area contributed by atoms with E-state index in [9.17, 15) is 4.79 Å². The minimum atomic E-state index is -0.0276. The standard InChI is InChI=1S/C21H27N3O2/c1-4-26-19-11-6-5-10-18(19)23-12-14-24(15-13-23)21(25)22-20-16(2)8-7-9-17(20)3/h5-11H,4,12-15H2,1-3H3,(H,22,25). The first kappa shape index (κ1) is 18.1. The molecule has 26 heavy (non-hydrogen) atoms. The molecule has 1 N–H and O–H groups in total. The van der Waals surface area contributed by atoms with E-state index in [1.54, 1.807) is 0 Å². The van der Waals surface area contributed by atoms with Crippen LogP contribution in [-0.2, 0) is 0 Å². The number of piperazine rings is 1. The van der Waals surface area contributed by atoms with E-state index in [0.717, 1.165) is 41.3 Å². The number of rotatable bonds is 4. The van der Waals surface area contributed by atoms with Gasteiger partial charge in [0.1, 0.15) is 5.75 Å². The molecule has 1 saturated heterocycles. The first-order chi connectivity index (χ1) is 12.6. The van der Waals surface area contributed by atoms with Gasteiger partial charge in [0.15, 0.2) is 0 Å². The average Bonchev–Trinajstić information content (AvgIpc) is 2.66. The van der Waals surface area contributed by atoms with E-state index in [0.29, 0.717) is 19.7 Å². The third kappa shape index (κ3) is 3.93. The van der Waals surface area contributed by atoms with Crippen LogP contribution in [0.1, 0.15) is 18.1 Å². The summed E-state index contributed by atoms with van der Waals surface area (Å²) in [7, 11) is 0. The molecular weight excluding hydrogens is 326 g/mol. The molecule has 5 heteroatoms. The van der Waals surface area contributed by atoms with E-state index >= 15 is 0 Å². The highest BCUT2D eigenvalue weighted by molar-refractivity contribution is 5.91. The lowest BCUT2D eigenvalue weighted by atomic mass is 10.1. The molecule has 5 nitrogen and oxygen atoms in total. The maximum absolute atomic E-state index is 12.7. The Hall–Kier alpha value is -2.69. The molecule has 2 amide bonds. The highest BCUT2D eigenvalue weighted by atomic mass is 16.5. The van der Waals surface area contributed by atoms with Gasteiger partial charge in [0.2, 0.25) is 0 Å². The number of aryl methyl sites for hydroxylation is 2. The van der Waals surface area contributed by atoms with Crippen LogP contribution in [0.5, 0.6) is 5.75 Å². The van der Waals surface area contributed by atoms with Crippen LogP contribution in [-0.4, -0.2) is 43.7 Å². The molecule has 0 saturated carbocycles. The number of amides is 2. The van der Waals surface area contributed by atoms with Crippen molar-refractivity contribution in [2.45, 2.75) is 20.8 Å². The Balaban J connectivity index is 1.63. The number of carbonyl (C=O) groups is 1. The first-order valence-corrected chi connectivity index (χ1v) is 9.19. The van der Waals surface area contributed by atoms with Crippen molar-refractivity contribution >= 4 is 17.4 Å². The van der Waals surface area contributed by atoms with Crippen molar-refractivity contribution in [3.63, 3.8) is 0 Å². The number of hydrogen-bond donors (Lipinski definition) is 1. The van der Waals surface area contributed by atoms with Gasteiger partial charge < -0.3 is 19.9 Å². The molecule has 1 fully saturated rings. The van der Waals surface area contributed by atoms with E-state index < -0.39 is 0 Å². The molecule has 138 valence electrons. The van der Waals surface area contributed by atoms with Crippen LogP contribution in [0.4, 0.5) is 16.2 Å². The minimum Gasteiger partial charge on any atom is -0.492 e.